The van der Waals surface area contributed by atoms with Crippen LogP contribution in [0.1, 0.15) is 23.2 Å². The van der Waals surface area contributed by atoms with E-state index in [2.05, 4.69) is 10.3 Å². The Kier molecular flexibility index (Phi) is 4.66. The van der Waals surface area contributed by atoms with Gasteiger partial charge in [0, 0.05) is 17.6 Å². The van der Waals surface area contributed by atoms with Crippen molar-refractivity contribution >= 4 is 11.3 Å². The summed E-state index contributed by atoms with van der Waals surface area (Å²) in [5.41, 5.74) is -0.572. The maximum atomic E-state index is 9.23. The molecule has 1 aromatic heterocycles. The second-order valence-electron chi connectivity index (χ2n) is 3.65. The summed E-state index contributed by atoms with van der Waals surface area (Å²) >= 11 is 1.62. The smallest absolute Gasteiger partial charge is 0.0897 e. The second kappa shape index (κ2) is 5.55. The number of hydrogen-bond donors (Lipinski definition) is 3. The van der Waals surface area contributed by atoms with E-state index in [0.29, 0.717) is 13.0 Å². The number of aliphatic hydroxyl groups excluding tert-OH is 2. The Labute approximate surface area is 94.0 Å². The van der Waals surface area contributed by atoms with Gasteiger partial charge in [0.1, 0.15) is 0 Å². The molecule has 0 spiro atoms. The molecule has 15 heavy (non-hydrogen) atoms. The molecule has 0 saturated heterocycles. The van der Waals surface area contributed by atoms with Crippen LogP contribution in [0.15, 0.2) is 6.20 Å². The van der Waals surface area contributed by atoms with E-state index in [1.54, 1.807) is 11.3 Å². The molecule has 0 bridgehead atoms. The minimum atomic E-state index is -0.572. The van der Waals surface area contributed by atoms with E-state index in [1.807, 2.05) is 20.0 Å². The maximum absolute atomic E-state index is 9.23. The summed E-state index contributed by atoms with van der Waals surface area (Å²) in [6, 6.07) is 0. The van der Waals surface area contributed by atoms with Gasteiger partial charge in [-0.05, 0) is 13.3 Å². The van der Waals surface area contributed by atoms with Gasteiger partial charge < -0.3 is 15.5 Å². The monoisotopic (exact) mass is 230 g/mol. The molecule has 4 nitrogen and oxygen atoms in total. The minimum Gasteiger partial charge on any atom is -0.394 e. The highest BCUT2D eigenvalue weighted by Crippen LogP contribution is 2.14. The first-order valence-corrected chi connectivity index (χ1v) is 5.85. The topological polar surface area (TPSA) is 65.4 Å². The molecule has 0 unspecified atom stereocenters. The van der Waals surface area contributed by atoms with Crippen LogP contribution in [0.2, 0.25) is 0 Å². The number of aromatic nitrogens is 1. The molecule has 0 fully saturated rings. The Bertz CT molecular complexity index is 289. The van der Waals surface area contributed by atoms with Gasteiger partial charge in [0.05, 0.1) is 23.8 Å². The van der Waals surface area contributed by atoms with Gasteiger partial charge in [-0.2, -0.15) is 0 Å². The van der Waals surface area contributed by atoms with E-state index in [4.69, 9.17) is 0 Å². The number of hydrogen-bond acceptors (Lipinski definition) is 5. The largest absolute Gasteiger partial charge is 0.394 e. The van der Waals surface area contributed by atoms with E-state index < -0.39 is 5.54 Å². The molecule has 0 aliphatic carbocycles. The number of thiazole rings is 1. The van der Waals surface area contributed by atoms with E-state index in [1.165, 1.54) is 0 Å². The van der Waals surface area contributed by atoms with Crippen LogP contribution in [0.4, 0.5) is 0 Å². The summed E-state index contributed by atoms with van der Waals surface area (Å²) in [4.78, 5) is 5.27. The molecule has 5 heteroatoms. The molecule has 3 N–H and O–H groups in total. The van der Waals surface area contributed by atoms with Crippen LogP contribution < -0.4 is 5.32 Å². The lowest BCUT2D eigenvalue weighted by Gasteiger charge is -2.29. The van der Waals surface area contributed by atoms with Crippen molar-refractivity contribution in [1.29, 1.82) is 0 Å². The van der Waals surface area contributed by atoms with Gasteiger partial charge in [0.25, 0.3) is 0 Å². The lowest BCUT2D eigenvalue weighted by atomic mass is 9.98. The molecule has 86 valence electrons. The molecule has 1 rings (SSSR count). The lowest BCUT2D eigenvalue weighted by Crippen LogP contribution is -2.50. The Morgan fingerprint density at radius 2 is 2.13 bits per heavy atom. The molecule has 0 atom stereocenters. The minimum absolute atomic E-state index is 0.0578. The fourth-order valence-electron chi connectivity index (χ4n) is 1.27. The molecule has 0 aliphatic rings. The van der Waals surface area contributed by atoms with Crippen LogP contribution in [0.3, 0.4) is 0 Å². The SMILES string of the molecule is CCC(CO)(CO)NCc1cnc(C)s1. The average molecular weight is 230 g/mol. The number of nitrogens with zero attached hydrogens (tertiary/aromatic N) is 1. The highest BCUT2D eigenvalue weighted by atomic mass is 32.1. The van der Waals surface area contributed by atoms with Gasteiger partial charge in [-0.25, -0.2) is 4.98 Å². The molecule has 0 saturated carbocycles. The summed E-state index contributed by atoms with van der Waals surface area (Å²) in [6.45, 7) is 4.42. The number of nitrogens with one attached hydrogen (secondary N) is 1. The molecule has 0 radical (unpaired) electrons. The van der Waals surface area contributed by atoms with Gasteiger partial charge in [-0.3, -0.25) is 0 Å². The second-order valence-corrected chi connectivity index (χ2v) is 4.97. The maximum Gasteiger partial charge on any atom is 0.0897 e. The van der Waals surface area contributed by atoms with Crippen molar-refractivity contribution in [3.8, 4) is 0 Å². The Hall–Kier alpha value is -0.490. The van der Waals surface area contributed by atoms with Gasteiger partial charge >= 0.3 is 0 Å². The molecule has 1 heterocycles. The van der Waals surface area contributed by atoms with Gasteiger partial charge in [0.2, 0.25) is 0 Å². The highest BCUT2D eigenvalue weighted by molar-refractivity contribution is 7.11. The Morgan fingerprint density at radius 3 is 2.53 bits per heavy atom. The Morgan fingerprint density at radius 1 is 1.47 bits per heavy atom. The first kappa shape index (κ1) is 12.6. The molecule has 0 aromatic carbocycles. The zero-order valence-corrected chi connectivity index (χ0v) is 9.97. The third-order valence-electron chi connectivity index (χ3n) is 2.59. The van der Waals surface area contributed by atoms with Crippen LogP contribution >= 0.6 is 11.3 Å². The Balaban J connectivity index is 2.54. The van der Waals surface area contributed by atoms with Crippen LogP contribution in [0.25, 0.3) is 0 Å². The number of aryl methyl sites for hydroxylation is 1. The van der Waals surface area contributed by atoms with E-state index in [-0.39, 0.29) is 13.2 Å². The van der Waals surface area contributed by atoms with Crippen molar-refractivity contribution in [3.63, 3.8) is 0 Å². The first-order valence-electron chi connectivity index (χ1n) is 5.04. The number of aliphatic hydroxyl groups is 2. The van der Waals surface area contributed by atoms with Gasteiger partial charge in [-0.15, -0.1) is 11.3 Å². The van der Waals surface area contributed by atoms with Gasteiger partial charge in [0.15, 0.2) is 0 Å². The predicted molar refractivity (Wildman–Crippen MR) is 60.9 cm³/mol. The van der Waals surface area contributed by atoms with Crippen LogP contribution in [0, 0.1) is 6.92 Å². The van der Waals surface area contributed by atoms with Crippen LogP contribution in [-0.4, -0.2) is 33.9 Å². The van der Waals surface area contributed by atoms with Crippen molar-refractivity contribution in [2.75, 3.05) is 13.2 Å². The van der Waals surface area contributed by atoms with Gasteiger partial charge in [-0.1, -0.05) is 6.92 Å². The summed E-state index contributed by atoms with van der Waals surface area (Å²) < 4.78 is 0. The zero-order valence-electron chi connectivity index (χ0n) is 9.16. The fourth-order valence-corrected chi connectivity index (χ4v) is 2.01. The molecule has 1 aromatic rings. The van der Waals surface area contributed by atoms with Crippen molar-refractivity contribution in [2.45, 2.75) is 32.4 Å². The normalized spacial score (nSPS) is 12.0. The summed E-state index contributed by atoms with van der Waals surface area (Å²) in [5, 5.41) is 22.7. The molecule has 0 aliphatic heterocycles. The van der Waals surface area contributed by atoms with E-state index in [0.717, 1.165) is 9.88 Å². The molecular weight excluding hydrogens is 212 g/mol. The van der Waals surface area contributed by atoms with E-state index in [9.17, 15) is 10.2 Å². The zero-order chi connectivity index (χ0) is 11.3. The van der Waals surface area contributed by atoms with Crippen LogP contribution in [-0.2, 0) is 6.54 Å². The van der Waals surface area contributed by atoms with Crippen molar-refractivity contribution in [2.24, 2.45) is 0 Å². The fraction of sp³-hybridized carbons (Fsp3) is 0.700. The quantitative estimate of drug-likeness (QED) is 0.672. The standard InChI is InChI=1S/C10H18N2O2S/c1-3-10(6-13,7-14)12-5-9-4-11-8(2)15-9/h4,12-14H,3,5-7H2,1-2H3. The first-order chi connectivity index (χ1) is 7.15. The average Bonchev–Trinajstić information content (AvgIpc) is 2.67. The lowest BCUT2D eigenvalue weighted by molar-refractivity contribution is 0.0866. The molecule has 0 amide bonds. The van der Waals surface area contributed by atoms with E-state index >= 15 is 0 Å². The summed E-state index contributed by atoms with van der Waals surface area (Å²) in [6.07, 6.45) is 2.51. The molecular formula is C10H18N2O2S. The third-order valence-corrected chi connectivity index (χ3v) is 3.50. The van der Waals surface area contributed by atoms with Crippen molar-refractivity contribution in [1.82, 2.24) is 10.3 Å². The van der Waals surface area contributed by atoms with Crippen LogP contribution in [0.5, 0.6) is 0 Å². The highest BCUT2D eigenvalue weighted by Gasteiger charge is 2.25. The van der Waals surface area contributed by atoms with Crippen molar-refractivity contribution < 1.29 is 10.2 Å². The summed E-state index contributed by atoms with van der Waals surface area (Å²) in [7, 11) is 0. The summed E-state index contributed by atoms with van der Waals surface area (Å²) in [5.74, 6) is 0. The van der Waals surface area contributed by atoms with Crippen molar-refractivity contribution in [3.05, 3.63) is 16.1 Å². The number of rotatable bonds is 6. The predicted octanol–water partition coefficient (Wildman–Crippen LogP) is 0.675. The third kappa shape index (κ3) is 3.24.